The fourth-order valence-corrected chi connectivity index (χ4v) is 4.16. The van der Waals surface area contributed by atoms with Crippen molar-refractivity contribution < 1.29 is 9.53 Å². The normalized spacial score (nSPS) is 17.0. The van der Waals surface area contributed by atoms with Crippen LogP contribution in [0.15, 0.2) is 18.2 Å². The highest BCUT2D eigenvalue weighted by molar-refractivity contribution is 6.30. The molecule has 1 aromatic heterocycles. The molecule has 0 radical (unpaired) electrons. The standard InChI is InChI=1S/C19H24ClN5O2.ClH/c1-27-16-3-2-15(20)10-14(16)11-18(26)24-7-4-13(5-8-24)19-23-22-17-12-21-6-9-25(17)19;/h2-3,10,13,21H,4-9,11-12H2,1H3;1H. The van der Waals surface area contributed by atoms with E-state index in [1.54, 1.807) is 19.2 Å². The van der Waals surface area contributed by atoms with Gasteiger partial charge in [-0.25, -0.2) is 0 Å². The zero-order chi connectivity index (χ0) is 18.8. The number of piperidine rings is 1. The Balaban J connectivity index is 0.00000225. The number of amides is 1. The lowest BCUT2D eigenvalue weighted by molar-refractivity contribution is -0.131. The molecule has 1 saturated heterocycles. The van der Waals surface area contributed by atoms with Gasteiger partial charge in [0.15, 0.2) is 0 Å². The Morgan fingerprint density at radius 2 is 2.07 bits per heavy atom. The van der Waals surface area contributed by atoms with Crippen LogP contribution in [0.5, 0.6) is 5.75 Å². The summed E-state index contributed by atoms with van der Waals surface area (Å²) < 4.78 is 7.60. The summed E-state index contributed by atoms with van der Waals surface area (Å²) in [7, 11) is 1.61. The van der Waals surface area contributed by atoms with Crippen LogP contribution in [0.2, 0.25) is 5.02 Å². The van der Waals surface area contributed by atoms with Gasteiger partial charge in [0.2, 0.25) is 5.91 Å². The number of carbonyl (C=O) groups is 1. The first kappa shape index (κ1) is 20.9. The van der Waals surface area contributed by atoms with Crippen molar-refractivity contribution in [2.45, 2.75) is 38.3 Å². The lowest BCUT2D eigenvalue weighted by Crippen LogP contribution is -2.39. The van der Waals surface area contributed by atoms with Crippen LogP contribution >= 0.6 is 24.0 Å². The average molecular weight is 426 g/mol. The highest BCUT2D eigenvalue weighted by Crippen LogP contribution is 2.29. The van der Waals surface area contributed by atoms with Gasteiger partial charge < -0.3 is 19.5 Å². The lowest BCUT2D eigenvalue weighted by atomic mass is 9.95. The molecule has 9 heteroatoms. The van der Waals surface area contributed by atoms with Gasteiger partial charge in [0.1, 0.15) is 17.4 Å². The number of likely N-dealkylation sites (tertiary alicyclic amines) is 1. The largest absolute Gasteiger partial charge is 0.496 e. The van der Waals surface area contributed by atoms with Crippen molar-refractivity contribution >= 4 is 29.9 Å². The fourth-order valence-electron chi connectivity index (χ4n) is 3.96. The predicted octanol–water partition coefficient (Wildman–Crippen LogP) is 2.41. The van der Waals surface area contributed by atoms with E-state index in [0.717, 1.165) is 62.8 Å². The zero-order valence-corrected chi connectivity index (χ0v) is 17.4. The van der Waals surface area contributed by atoms with Crippen molar-refractivity contribution in [2.24, 2.45) is 0 Å². The van der Waals surface area contributed by atoms with E-state index in [-0.39, 0.29) is 18.3 Å². The molecule has 0 saturated carbocycles. The Morgan fingerprint density at radius 3 is 2.82 bits per heavy atom. The quantitative estimate of drug-likeness (QED) is 0.813. The maximum Gasteiger partial charge on any atom is 0.227 e. The van der Waals surface area contributed by atoms with Gasteiger partial charge in [0, 0.05) is 42.7 Å². The van der Waals surface area contributed by atoms with Gasteiger partial charge in [0.05, 0.1) is 20.1 Å². The van der Waals surface area contributed by atoms with Crippen LogP contribution in [0, 0.1) is 0 Å². The first-order valence-corrected chi connectivity index (χ1v) is 9.76. The molecule has 1 N–H and O–H groups in total. The highest BCUT2D eigenvalue weighted by Gasteiger charge is 2.29. The summed E-state index contributed by atoms with van der Waals surface area (Å²) in [5.74, 6) is 3.28. The van der Waals surface area contributed by atoms with Crippen molar-refractivity contribution in [1.29, 1.82) is 0 Å². The smallest absolute Gasteiger partial charge is 0.227 e. The van der Waals surface area contributed by atoms with E-state index in [9.17, 15) is 4.79 Å². The summed E-state index contributed by atoms with van der Waals surface area (Å²) in [6.45, 7) is 4.15. The molecular weight excluding hydrogens is 401 g/mol. The summed E-state index contributed by atoms with van der Waals surface area (Å²) in [4.78, 5) is 14.7. The SMILES string of the molecule is COc1ccc(Cl)cc1CC(=O)N1CCC(c2nnc3n2CCNC3)CC1.Cl. The van der Waals surface area contributed by atoms with Gasteiger partial charge in [-0.2, -0.15) is 0 Å². The van der Waals surface area contributed by atoms with Crippen molar-refractivity contribution in [2.75, 3.05) is 26.7 Å². The van der Waals surface area contributed by atoms with Crippen LogP contribution in [0.4, 0.5) is 0 Å². The molecule has 7 nitrogen and oxygen atoms in total. The van der Waals surface area contributed by atoms with E-state index in [4.69, 9.17) is 16.3 Å². The van der Waals surface area contributed by atoms with E-state index in [1.165, 1.54) is 0 Å². The Labute approximate surface area is 175 Å². The molecule has 1 fully saturated rings. The molecule has 0 atom stereocenters. The molecule has 0 bridgehead atoms. The van der Waals surface area contributed by atoms with E-state index < -0.39 is 0 Å². The number of halogens is 2. The molecule has 2 aliphatic rings. The summed E-state index contributed by atoms with van der Waals surface area (Å²) >= 11 is 6.08. The Bertz CT molecular complexity index is 834. The van der Waals surface area contributed by atoms with Gasteiger partial charge in [-0.1, -0.05) is 11.6 Å². The third-order valence-electron chi connectivity index (χ3n) is 5.45. The molecule has 152 valence electrons. The third-order valence-corrected chi connectivity index (χ3v) is 5.68. The van der Waals surface area contributed by atoms with Crippen LogP contribution in [0.25, 0.3) is 0 Å². The number of nitrogens with zero attached hydrogens (tertiary/aromatic N) is 4. The van der Waals surface area contributed by atoms with E-state index in [2.05, 4.69) is 20.1 Å². The Morgan fingerprint density at radius 1 is 1.29 bits per heavy atom. The monoisotopic (exact) mass is 425 g/mol. The minimum atomic E-state index is 0. The molecule has 0 spiro atoms. The van der Waals surface area contributed by atoms with Crippen LogP contribution in [0.3, 0.4) is 0 Å². The molecule has 2 aromatic rings. The van der Waals surface area contributed by atoms with E-state index in [1.807, 2.05) is 11.0 Å². The van der Waals surface area contributed by atoms with Gasteiger partial charge in [-0.05, 0) is 31.0 Å². The summed E-state index contributed by atoms with van der Waals surface area (Å²) in [5.41, 5.74) is 0.830. The summed E-state index contributed by atoms with van der Waals surface area (Å²) in [6.07, 6.45) is 2.15. The number of rotatable bonds is 4. The second-order valence-electron chi connectivity index (χ2n) is 7.09. The topological polar surface area (TPSA) is 72.3 Å². The number of benzene rings is 1. The van der Waals surface area contributed by atoms with Crippen LogP contribution in [-0.2, 0) is 24.3 Å². The predicted molar refractivity (Wildman–Crippen MR) is 109 cm³/mol. The number of methoxy groups -OCH3 is 1. The maximum absolute atomic E-state index is 12.8. The zero-order valence-electron chi connectivity index (χ0n) is 15.9. The molecule has 1 aromatic carbocycles. The summed E-state index contributed by atoms with van der Waals surface area (Å²) in [5, 5.41) is 12.7. The minimum absolute atomic E-state index is 0. The van der Waals surface area contributed by atoms with Crippen molar-refractivity contribution in [3.05, 3.63) is 40.4 Å². The minimum Gasteiger partial charge on any atom is -0.496 e. The van der Waals surface area contributed by atoms with Gasteiger partial charge in [-0.15, -0.1) is 22.6 Å². The average Bonchev–Trinajstić information content (AvgIpc) is 3.12. The number of fused-ring (bicyclic) bond motifs is 1. The van der Waals surface area contributed by atoms with Crippen LogP contribution in [-0.4, -0.2) is 52.3 Å². The van der Waals surface area contributed by atoms with Crippen molar-refractivity contribution in [3.63, 3.8) is 0 Å². The fraction of sp³-hybridized carbons (Fsp3) is 0.526. The Kier molecular flexibility index (Phi) is 6.80. The number of carbonyl (C=O) groups excluding carboxylic acids is 1. The van der Waals surface area contributed by atoms with E-state index >= 15 is 0 Å². The number of ether oxygens (including phenoxy) is 1. The highest BCUT2D eigenvalue weighted by atomic mass is 35.5. The molecule has 2 aliphatic heterocycles. The van der Waals surface area contributed by atoms with Gasteiger partial charge in [0.25, 0.3) is 0 Å². The number of nitrogens with one attached hydrogen (secondary N) is 1. The first-order valence-electron chi connectivity index (χ1n) is 9.38. The second kappa shape index (κ2) is 9.11. The second-order valence-corrected chi connectivity index (χ2v) is 7.53. The molecule has 3 heterocycles. The van der Waals surface area contributed by atoms with Gasteiger partial charge in [-0.3, -0.25) is 4.79 Å². The molecule has 28 heavy (non-hydrogen) atoms. The molecule has 0 unspecified atom stereocenters. The number of hydrogen-bond donors (Lipinski definition) is 1. The van der Waals surface area contributed by atoms with Gasteiger partial charge >= 0.3 is 0 Å². The molecular formula is C19H25Cl2N5O2. The van der Waals surface area contributed by atoms with Crippen molar-refractivity contribution in [3.8, 4) is 5.75 Å². The molecule has 4 rings (SSSR count). The maximum atomic E-state index is 12.8. The number of hydrogen-bond acceptors (Lipinski definition) is 5. The van der Waals surface area contributed by atoms with Crippen LogP contribution < -0.4 is 10.1 Å². The molecule has 0 aliphatic carbocycles. The Hall–Kier alpha value is -1.83. The lowest BCUT2D eigenvalue weighted by Gasteiger charge is -2.32. The van der Waals surface area contributed by atoms with Crippen LogP contribution in [0.1, 0.15) is 36.0 Å². The third kappa shape index (κ3) is 4.26. The van der Waals surface area contributed by atoms with E-state index in [0.29, 0.717) is 23.1 Å². The number of aromatic nitrogens is 3. The molecule has 1 amide bonds. The first-order chi connectivity index (χ1) is 13.2. The van der Waals surface area contributed by atoms with Crippen molar-refractivity contribution in [1.82, 2.24) is 25.0 Å². The summed E-state index contributed by atoms with van der Waals surface area (Å²) in [6, 6.07) is 5.39.